The van der Waals surface area contributed by atoms with Crippen LogP contribution in [-0.2, 0) is 4.74 Å². The number of hydrogen-bond donors (Lipinski definition) is 1. The van der Waals surface area contributed by atoms with E-state index in [9.17, 15) is 0 Å². The van der Waals surface area contributed by atoms with Crippen LogP contribution >= 0.6 is 0 Å². The Balaban J connectivity index is 2.13. The van der Waals surface area contributed by atoms with Crippen LogP contribution in [0.25, 0.3) is 0 Å². The third kappa shape index (κ3) is 2.30. The minimum absolute atomic E-state index is 0.367. The Morgan fingerprint density at radius 3 is 3.00 bits per heavy atom. The van der Waals surface area contributed by atoms with Gasteiger partial charge in [0, 0.05) is 24.5 Å². The average molecular weight is 220 g/mol. The van der Waals surface area contributed by atoms with Crippen molar-refractivity contribution >= 4 is 11.4 Å². The standard InChI is InChI=1S/C13H20N2O/c1-3-12-9-15(6-7-16-12)11-4-5-13(14)10(2)8-11/h4-5,8,12H,3,6-7,9,14H2,1-2H3. The van der Waals surface area contributed by atoms with Crippen LogP contribution in [0.3, 0.4) is 0 Å². The molecular formula is C13H20N2O. The van der Waals surface area contributed by atoms with Crippen molar-refractivity contribution in [2.45, 2.75) is 26.4 Å². The molecule has 88 valence electrons. The van der Waals surface area contributed by atoms with Crippen LogP contribution in [0, 0.1) is 6.92 Å². The quantitative estimate of drug-likeness (QED) is 0.776. The van der Waals surface area contributed by atoms with E-state index in [0.717, 1.165) is 37.4 Å². The predicted octanol–water partition coefficient (Wildman–Crippen LogP) is 2.19. The van der Waals surface area contributed by atoms with Crippen LogP contribution < -0.4 is 10.6 Å². The van der Waals surface area contributed by atoms with E-state index in [-0.39, 0.29) is 0 Å². The van der Waals surface area contributed by atoms with E-state index in [4.69, 9.17) is 10.5 Å². The molecule has 1 unspecified atom stereocenters. The summed E-state index contributed by atoms with van der Waals surface area (Å²) in [5, 5.41) is 0. The van der Waals surface area contributed by atoms with Gasteiger partial charge >= 0.3 is 0 Å². The van der Waals surface area contributed by atoms with E-state index in [2.05, 4.69) is 30.9 Å². The third-order valence-corrected chi connectivity index (χ3v) is 3.21. The summed E-state index contributed by atoms with van der Waals surface area (Å²) in [6.45, 7) is 7.00. The van der Waals surface area contributed by atoms with Gasteiger partial charge in [-0.05, 0) is 37.1 Å². The summed E-state index contributed by atoms with van der Waals surface area (Å²) in [5.74, 6) is 0. The van der Waals surface area contributed by atoms with Crippen LogP contribution in [0.5, 0.6) is 0 Å². The molecule has 3 heteroatoms. The second-order valence-electron chi connectivity index (χ2n) is 4.39. The molecule has 1 saturated heterocycles. The molecule has 0 aromatic heterocycles. The van der Waals surface area contributed by atoms with Gasteiger partial charge in [-0.1, -0.05) is 6.92 Å². The monoisotopic (exact) mass is 220 g/mol. The zero-order valence-electron chi connectivity index (χ0n) is 10.1. The zero-order valence-corrected chi connectivity index (χ0v) is 10.1. The highest BCUT2D eigenvalue weighted by molar-refractivity contribution is 5.58. The number of benzene rings is 1. The van der Waals surface area contributed by atoms with Gasteiger partial charge in [0.1, 0.15) is 0 Å². The number of morpholine rings is 1. The molecule has 1 fully saturated rings. The minimum Gasteiger partial charge on any atom is -0.399 e. The molecule has 0 spiro atoms. The van der Waals surface area contributed by atoms with Crippen molar-refractivity contribution in [1.82, 2.24) is 0 Å². The normalized spacial score (nSPS) is 21.1. The first-order valence-electron chi connectivity index (χ1n) is 5.93. The molecule has 1 heterocycles. The Morgan fingerprint density at radius 2 is 2.31 bits per heavy atom. The maximum atomic E-state index is 5.83. The molecule has 3 nitrogen and oxygen atoms in total. The summed E-state index contributed by atoms with van der Waals surface area (Å²) in [7, 11) is 0. The lowest BCUT2D eigenvalue weighted by molar-refractivity contribution is 0.0384. The largest absolute Gasteiger partial charge is 0.399 e. The molecule has 1 atom stereocenters. The highest BCUT2D eigenvalue weighted by Crippen LogP contribution is 2.22. The molecule has 0 radical (unpaired) electrons. The topological polar surface area (TPSA) is 38.5 Å². The molecule has 0 aliphatic carbocycles. The fourth-order valence-corrected chi connectivity index (χ4v) is 2.06. The summed E-state index contributed by atoms with van der Waals surface area (Å²) in [6, 6.07) is 6.24. The second kappa shape index (κ2) is 4.74. The van der Waals surface area contributed by atoms with Gasteiger partial charge in [-0.2, -0.15) is 0 Å². The van der Waals surface area contributed by atoms with E-state index in [1.54, 1.807) is 0 Å². The molecule has 0 saturated carbocycles. The number of hydrogen-bond acceptors (Lipinski definition) is 3. The van der Waals surface area contributed by atoms with E-state index in [0.29, 0.717) is 6.10 Å². The van der Waals surface area contributed by atoms with E-state index < -0.39 is 0 Å². The van der Waals surface area contributed by atoms with Crippen LogP contribution in [0.2, 0.25) is 0 Å². The van der Waals surface area contributed by atoms with Crippen molar-refractivity contribution in [1.29, 1.82) is 0 Å². The van der Waals surface area contributed by atoms with Gasteiger partial charge in [0.15, 0.2) is 0 Å². The number of aryl methyl sites for hydroxylation is 1. The van der Waals surface area contributed by atoms with Crippen molar-refractivity contribution < 1.29 is 4.74 Å². The van der Waals surface area contributed by atoms with Gasteiger partial charge in [0.2, 0.25) is 0 Å². The highest BCUT2D eigenvalue weighted by atomic mass is 16.5. The molecule has 1 aliphatic rings. The molecule has 2 N–H and O–H groups in total. The van der Waals surface area contributed by atoms with E-state index in [1.165, 1.54) is 5.69 Å². The molecule has 0 amide bonds. The van der Waals surface area contributed by atoms with Gasteiger partial charge in [-0.3, -0.25) is 0 Å². The molecule has 1 aromatic rings. The van der Waals surface area contributed by atoms with Gasteiger partial charge in [0.05, 0.1) is 12.7 Å². The fourth-order valence-electron chi connectivity index (χ4n) is 2.06. The number of ether oxygens (including phenoxy) is 1. The number of rotatable bonds is 2. The molecule has 2 rings (SSSR count). The van der Waals surface area contributed by atoms with Crippen LogP contribution in [-0.4, -0.2) is 25.8 Å². The number of nitrogens with two attached hydrogens (primary N) is 1. The first-order chi connectivity index (χ1) is 7.70. The summed E-state index contributed by atoms with van der Waals surface area (Å²) >= 11 is 0. The predicted molar refractivity (Wildman–Crippen MR) is 67.8 cm³/mol. The Labute approximate surface area is 97.2 Å². The molecule has 1 aliphatic heterocycles. The van der Waals surface area contributed by atoms with Gasteiger partial charge in [0.25, 0.3) is 0 Å². The lowest BCUT2D eigenvalue weighted by Gasteiger charge is -2.34. The van der Waals surface area contributed by atoms with Crippen molar-refractivity contribution in [3.63, 3.8) is 0 Å². The third-order valence-electron chi connectivity index (χ3n) is 3.21. The van der Waals surface area contributed by atoms with Crippen molar-refractivity contribution in [2.75, 3.05) is 30.3 Å². The number of nitrogen functional groups attached to an aromatic ring is 1. The first-order valence-corrected chi connectivity index (χ1v) is 5.93. The zero-order chi connectivity index (χ0) is 11.5. The van der Waals surface area contributed by atoms with Gasteiger partial charge in [-0.25, -0.2) is 0 Å². The summed E-state index contributed by atoms with van der Waals surface area (Å²) in [5.41, 5.74) is 9.10. The maximum absolute atomic E-state index is 5.83. The summed E-state index contributed by atoms with van der Waals surface area (Å²) < 4.78 is 5.67. The fraction of sp³-hybridized carbons (Fsp3) is 0.538. The molecular weight excluding hydrogens is 200 g/mol. The summed E-state index contributed by atoms with van der Waals surface area (Å²) in [4.78, 5) is 2.38. The SMILES string of the molecule is CCC1CN(c2ccc(N)c(C)c2)CCO1. The van der Waals surface area contributed by atoms with Crippen LogP contribution in [0.15, 0.2) is 18.2 Å². The Kier molecular flexibility index (Phi) is 3.34. The minimum atomic E-state index is 0.367. The maximum Gasteiger partial charge on any atom is 0.0748 e. The van der Waals surface area contributed by atoms with Crippen LogP contribution in [0.4, 0.5) is 11.4 Å². The van der Waals surface area contributed by atoms with E-state index >= 15 is 0 Å². The Morgan fingerprint density at radius 1 is 1.50 bits per heavy atom. The number of nitrogens with zero attached hydrogens (tertiary/aromatic N) is 1. The smallest absolute Gasteiger partial charge is 0.0748 e. The first kappa shape index (κ1) is 11.3. The Bertz CT molecular complexity index is 365. The second-order valence-corrected chi connectivity index (χ2v) is 4.39. The van der Waals surface area contributed by atoms with E-state index in [1.807, 2.05) is 6.07 Å². The molecule has 0 bridgehead atoms. The highest BCUT2D eigenvalue weighted by Gasteiger charge is 2.19. The summed E-state index contributed by atoms with van der Waals surface area (Å²) in [6.07, 6.45) is 1.44. The lowest BCUT2D eigenvalue weighted by Crippen LogP contribution is -2.42. The van der Waals surface area contributed by atoms with Gasteiger partial charge < -0.3 is 15.4 Å². The Hall–Kier alpha value is -1.22. The average Bonchev–Trinajstić information content (AvgIpc) is 2.33. The molecule has 1 aromatic carbocycles. The van der Waals surface area contributed by atoms with Crippen molar-refractivity contribution in [3.8, 4) is 0 Å². The van der Waals surface area contributed by atoms with Gasteiger partial charge in [-0.15, -0.1) is 0 Å². The van der Waals surface area contributed by atoms with Crippen LogP contribution in [0.1, 0.15) is 18.9 Å². The van der Waals surface area contributed by atoms with Crippen molar-refractivity contribution in [2.24, 2.45) is 0 Å². The lowest BCUT2D eigenvalue weighted by atomic mass is 10.1. The molecule has 16 heavy (non-hydrogen) atoms. The van der Waals surface area contributed by atoms with Crippen molar-refractivity contribution in [3.05, 3.63) is 23.8 Å². The number of anilines is 2.